The normalized spacial score (nSPS) is 25.3. The monoisotopic (exact) mass is 476 g/mol. The van der Waals surface area contributed by atoms with Crippen LogP contribution >= 0.6 is 0 Å². The summed E-state index contributed by atoms with van der Waals surface area (Å²) in [6, 6.07) is 8.27. The van der Waals surface area contributed by atoms with Gasteiger partial charge in [-0.1, -0.05) is 24.3 Å². The van der Waals surface area contributed by atoms with Crippen LogP contribution in [-0.4, -0.2) is 43.4 Å². The average Bonchev–Trinajstić information content (AvgIpc) is 2.87. The molecule has 0 aromatic heterocycles. The molecule has 0 amide bonds. The Kier molecular flexibility index (Phi) is 6.36. The molecule has 5 rings (SSSR count). The first-order valence-electron chi connectivity index (χ1n) is 12.5. The van der Waals surface area contributed by atoms with Crippen molar-refractivity contribution in [3.8, 4) is 0 Å². The lowest BCUT2D eigenvalue weighted by molar-refractivity contribution is -0.0274. The van der Waals surface area contributed by atoms with Crippen molar-refractivity contribution in [1.82, 2.24) is 0 Å². The van der Waals surface area contributed by atoms with Crippen molar-refractivity contribution < 1.29 is 23.9 Å². The van der Waals surface area contributed by atoms with Crippen molar-refractivity contribution in [2.24, 2.45) is 11.8 Å². The third-order valence-electron chi connectivity index (χ3n) is 7.95. The number of ketones is 2. The van der Waals surface area contributed by atoms with E-state index in [1.165, 1.54) is 0 Å². The molecule has 0 aliphatic heterocycles. The van der Waals surface area contributed by atoms with Crippen LogP contribution in [-0.2, 0) is 9.47 Å². The van der Waals surface area contributed by atoms with E-state index >= 15 is 0 Å². The number of benzene rings is 2. The second kappa shape index (κ2) is 9.46. The Bertz CT molecular complexity index is 1190. The number of fused-ring (bicyclic) bond motifs is 3. The second-order valence-electron chi connectivity index (χ2n) is 9.90. The van der Waals surface area contributed by atoms with Crippen molar-refractivity contribution in [2.45, 2.75) is 57.7 Å². The Morgan fingerprint density at radius 3 is 2.20 bits per heavy atom. The number of anilines is 2. The summed E-state index contributed by atoms with van der Waals surface area (Å²) in [5.41, 5.74) is 7.93. The molecule has 0 saturated heterocycles. The van der Waals surface area contributed by atoms with Gasteiger partial charge in [-0.2, -0.15) is 0 Å². The average molecular weight is 477 g/mol. The molecule has 184 valence electrons. The molecule has 2 fully saturated rings. The summed E-state index contributed by atoms with van der Waals surface area (Å²) in [7, 11) is 1.78. The number of rotatable bonds is 5. The van der Waals surface area contributed by atoms with Crippen LogP contribution in [0.25, 0.3) is 0 Å². The Morgan fingerprint density at radius 1 is 0.971 bits per heavy atom. The first-order valence-corrected chi connectivity index (χ1v) is 12.5. The van der Waals surface area contributed by atoms with Crippen LogP contribution in [0.4, 0.5) is 11.4 Å². The maximum atomic E-state index is 13.4. The number of hydrogen-bond donors (Lipinski definition) is 2. The predicted molar refractivity (Wildman–Crippen MR) is 133 cm³/mol. The third kappa shape index (κ3) is 4.12. The Hall–Kier alpha value is -3.19. The molecule has 3 N–H and O–H groups in total. The van der Waals surface area contributed by atoms with Crippen LogP contribution in [0.1, 0.15) is 87.6 Å². The van der Waals surface area contributed by atoms with Gasteiger partial charge in [0, 0.05) is 30.5 Å². The lowest BCUT2D eigenvalue weighted by Crippen LogP contribution is -2.37. The van der Waals surface area contributed by atoms with Gasteiger partial charge < -0.3 is 20.5 Å². The zero-order chi connectivity index (χ0) is 24.7. The molecule has 2 aromatic carbocycles. The molecule has 2 unspecified atom stereocenters. The minimum Gasteiger partial charge on any atom is -0.459 e. The molecule has 35 heavy (non-hydrogen) atoms. The molecule has 7 heteroatoms. The standard InChI is InChI=1S/C28H32N2O5/c1-3-30-22-14-21(25(29)24-23(22)26(31)19-6-4-5-7-20(19)27(24)32)28(33)35-18-11-9-15-12-17(34-2)10-8-16(15)13-18/h4-7,14-18,30H,3,8-13,29H2,1-2H3/t15-,16?,17?,18-/m1/s1. The SMILES string of the molecule is CCNc1cc(C(=O)O[C@@H]2CC[C@@H]3CC(OC)CCC3C2)c(N)c2c1C(=O)c1ccccc1C2=O. The molecule has 3 aliphatic rings. The van der Waals surface area contributed by atoms with Crippen molar-refractivity contribution in [3.63, 3.8) is 0 Å². The van der Waals surface area contributed by atoms with E-state index in [1.54, 1.807) is 37.4 Å². The van der Waals surface area contributed by atoms with E-state index in [2.05, 4.69) is 5.32 Å². The van der Waals surface area contributed by atoms with Crippen LogP contribution in [0.3, 0.4) is 0 Å². The number of methoxy groups -OCH3 is 1. The van der Waals surface area contributed by atoms with E-state index in [0.29, 0.717) is 41.3 Å². The van der Waals surface area contributed by atoms with Gasteiger partial charge in [0.15, 0.2) is 11.6 Å². The summed E-state index contributed by atoms with van der Waals surface area (Å²) in [5, 5.41) is 3.14. The van der Waals surface area contributed by atoms with E-state index in [0.717, 1.165) is 38.5 Å². The highest BCUT2D eigenvalue weighted by Crippen LogP contribution is 2.43. The second-order valence-corrected chi connectivity index (χ2v) is 9.90. The number of ether oxygens (including phenoxy) is 2. The Balaban J connectivity index is 1.43. The van der Waals surface area contributed by atoms with E-state index in [1.807, 2.05) is 6.92 Å². The first kappa shape index (κ1) is 23.5. The molecular weight excluding hydrogens is 444 g/mol. The number of carbonyl (C=O) groups excluding carboxylic acids is 3. The molecule has 0 heterocycles. The molecular formula is C28H32N2O5. The highest BCUT2D eigenvalue weighted by atomic mass is 16.5. The van der Waals surface area contributed by atoms with Gasteiger partial charge in [-0.3, -0.25) is 9.59 Å². The van der Waals surface area contributed by atoms with E-state index < -0.39 is 5.97 Å². The maximum Gasteiger partial charge on any atom is 0.340 e. The van der Waals surface area contributed by atoms with Gasteiger partial charge in [-0.25, -0.2) is 4.79 Å². The summed E-state index contributed by atoms with van der Waals surface area (Å²) < 4.78 is 11.5. The molecule has 7 nitrogen and oxygen atoms in total. The summed E-state index contributed by atoms with van der Waals surface area (Å²) in [5.74, 6) is -0.0272. The van der Waals surface area contributed by atoms with Crippen molar-refractivity contribution in [2.75, 3.05) is 24.7 Å². The van der Waals surface area contributed by atoms with Gasteiger partial charge in [-0.05, 0) is 63.4 Å². The molecule has 0 radical (unpaired) electrons. The zero-order valence-electron chi connectivity index (χ0n) is 20.3. The highest BCUT2D eigenvalue weighted by molar-refractivity contribution is 6.32. The van der Waals surface area contributed by atoms with Gasteiger partial charge in [0.1, 0.15) is 6.10 Å². The minimum absolute atomic E-state index is 0.00814. The van der Waals surface area contributed by atoms with Crippen LogP contribution in [0.5, 0.6) is 0 Å². The van der Waals surface area contributed by atoms with Crippen molar-refractivity contribution in [1.29, 1.82) is 0 Å². The van der Waals surface area contributed by atoms with Gasteiger partial charge >= 0.3 is 5.97 Å². The topological polar surface area (TPSA) is 108 Å². The predicted octanol–water partition coefficient (Wildman–Crippen LogP) is 4.62. The molecule has 4 atom stereocenters. The fraction of sp³-hybridized carbons (Fsp3) is 0.464. The largest absolute Gasteiger partial charge is 0.459 e. The lowest BCUT2D eigenvalue weighted by Gasteiger charge is -2.41. The molecule has 2 aromatic rings. The Labute approximate surface area is 205 Å². The smallest absolute Gasteiger partial charge is 0.340 e. The summed E-state index contributed by atoms with van der Waals surface area (Å²) in [6.45, 7) is 2.41. The summed E-state index contributed by atoms with van der Waals surface area (Å²) in [6.07, 6.45) is 6.00. The number of nitrogen functional groups attached to an aromatic ring is 1. The fourth-order valence-electron chi connectivity index (χ4n) is 6.16. The van der Waals surface area contributed by atoms with Crippen molar-refractivity contribution >= 4 is 28.9 Å². The number of hydrogen-bond acceptors (Lipinski definition) is 7. The van der Waals surface area contributed by atoms with E-state index in [9.17, 15) is 14.4 Å². The molecule has 2 saturated carbocycles. The minimum atomic E-state index is -0.544. The number of nitrogens with two attached hydrogens (primary N) is 1. The van der Waals surface area contributed by atoms with Gasteiger partial charge in [0.05, 0.1) is 28.5 Å². The molecule has 0 spiro atoms. The molecule has 3 aliphatic carbocycles. The number of carbonyl (C=O) groups is 3. The van der Waals surface area contributed by atoms with Gasteiger partial charge in [-0.15, -0.1) is 0 Å². The maximum absolute atomic E-state index is 13.4. The third-order valence-corrected chi connectivity index (χ3v) is 7.95. The van der Waals surface area contributed by atoms with Crippen LogP contribution in [0, 0.1) is 11.8 Å². The quantitative estimate of drug-likeness (QED) is 0.409. The van der Waals surface area contributed by atoms with Gasteiger partial charge in [0.25, 0.3) is 0 Å². The number of esters is 1. The number of nitrogens with one attached hydrogen (secondary N) is 1. The zero-order valence-corrected chi connectivity index (χ0v) is 20.3. The first-order chi connectivity index (χ1) is 16.9. The van der Waals surface area contributed by atoms with Gasteiger partial charge in [0.2, 0.25) is 0 Å². The summed E-state index contributed by atoms with van der Waals surface area (Å²) in [4.78, 5) is 40.0. The van der Waals surface area contributed by atoms with Crippen molar-refractivity contribution in [3.05, 3.63) is 58.1 Å². The van der Waals surface area contributed by atoms with Crippen LogP contribution in [0.15, 0.2) is 30.3 Å². The van der Waals surface area contributed by atoms with E-state index in [-0.39, 0.29) is 40.0 Å². The van der Waals surface area contributed by atoms with E-state index in [4.69, 9.17) is 15.2 Å². The van der Waals surface area contributed by atoms with Crippen LogP contribution in [0.2, 0.25) is 0 Å². The fourth-order valence-corrected chi connectivity index (χ4v) is 6.16. The lowest BCUT2D eigenvalue weighted by atomic mass is 9.69. The Morgan fingerprint density at radius 2 is 1.57 bits per heavy atom. The summed E-state index contributed by atoms with van der Waals surface area (Å²) >= 11 is 0. The van der Waals surface area contributed by atoms with Crippen LogP contribution < -0.4 is 11.1 Å². The molecule has 0 bridgehead atoms. The highest BCUT2D eigenvalue weighted by Gasteiger charge is 2.39.